The number of aryl methyl sites for hydroxylation is 2. The van der Waals surface area contributed by atoms with E-state index in [0.717, 1.165) is 79.0 Å². The molecule has 1 aromatic heterocycles. The fourth-order valence-corrected chi connectivity index (χ4v) is 6.84. The first-order valence-corrected chi connectivity index (χ1v) is 13.6. The van der Waals surface area contributed by atoms with Gasteiger partial charge in [-0.05, 0) is 63.5 Å². The van der Waals surface area contributed by atoms with Gasteiger partial charge in [0.15, 0.2) is 0 Å². The Labute approximate surface area is 207 Å². The second-order valence-corrected chi connectivity index (χ2v) is 11.0. The number of rotatable bonds is 5. The average Bonchev–Trinajstić information content (AvgIpc) is 3.26. The van der Waals surface area contributed by atoms with E-state index in [0.29, 0.717) is 6.42 Å². The molecule has 2 heterocycles. The number of methoxy groups -OCH3 is 1. The van der Waals surface area contributed by atoms with Crippen molar-refractivity contribution in [2.24, 2.45) is 11.8 Å². The minimum Gasteiger partial charge on any atom is -0.481 e. The van der Waals surface area contributed by atoms with Crippen molar-refractivity contribution in [3.05, 3.63) is 23.5 Å². The van der Waals surface area contributed by atoms with Crippen molar-refractivity contribution in [2.75, 3.05) is 12.0 Å². The van der Waals surface area contributed by atoms with E-state index in [9.17, 15) is 14.7 Å². The van der Waals surface area contributed by atoms with Gasteiger partial charge in [-0.15, -0.1) is 0 Å². The molecule has 0 bridgehead atoms. The number of carbonyl (C=O) groups is 2. The van der Waals surface area contributed by atoms with Crippen LogP contribution in [0.4, 0.5) is 10.5 Å². The Balaban J connectivity index is 1.56. The number of ether oxygens (including phenoxy) is 1. The molecule has 7 nitrogen and oxygen atoms in total. The maximum atomic E-state index is 12.6. The number of carboxylic acid groups (broad SMARTS) is 1. The molecule has 0 spiro atoms. The van der Waals surface area contributed by atoms with Gasteiger partial charge in [-0.25, -0.2) is 9.78 Å². The monoisotopic (exact) mass is 481 g/mol. The van der Waals surface area contributed by atoms with Crippen molar-refractivity contribution < 1.29 is 19.4 Å². The summed E-state index contributed by atoms with van der Waals surface area (Å²) >= 11 is 0. The molecule has 1 aromatic carbocycles. The zero-order valence-electron chi connectivity index (χ0n) is 21.2. The second kappa shape index (κ2) is 10.2. The molecule has 35 heavy (non-hydrogen) atoms. The van der Waals surface area contributed by atoms with Gasteiger partial charge in [-0.1, -0.05) is 38.5 Å². The number of amides is 1. The van der Waals surface area contributed by atoms with Crippen LogP contribution in [0.3, 0.4) is 0 Å². The Morgan fingerprint density at radius 1 is 1.09 bits per heavy atom. The first kappa shape index (κ1) is 24.1. The molecule has 2 saturated carbocycles. The van der Waals surface area contributed by atoms with Crippen LogP contribution in [-0.4, -0.2) is 39.9 Å². The number of carbonyl (C=O) groups excluding carboxylic acids is 1. The van der Waals surface area contributed by atoms with Gasteiger partial charge in [0.2, 0.25) is 0 Å². The molecule has 0 saturated heterocycles. The lowest BCUT2D eigenvalue weighted by atomic mass is 9.85. The molecule has 3 atom stereocenters. The first-order chi connectivity index (χ1) is 17.0. The molecule has 2 aromatic rings. The van der Waals surface area contributed by atoms with Crippen LogP contribution in [0.15, 0.2) is 12.1 Å². The van der Waals surface area contributed by atoms with Gasteiger partial charge in [-0.3, -0.25) is 9.69 Å². The summed E-state index contributed by atoms with van der Waals surface area (Å²) in [5.41, 5.74) is 4.10. The Morgan fingerprint density at radius 3 is 2.63 bits per heavy atom. The van der Waals surface area contributed by atoms with Gasteiger partial charge in [0.05, 0.1) is 29.7 Å². The average molecular weight is 482 g/mol. The summed E-state index contributed by atoms with van der Waals surface area (Å²) in [7, 11) is 1.43. The van der Waals surface area contributed by atoms with Gasteiger partial charge in [0.1, 0.15) is 5.82 Å². The largest absolute Gasteiger partial charge is 0.481 e. The molecular weight excluding hydrogens is 442 g/mol. The molecule has 2 fully saturated rings. The lowest BCUT2D eigenvalue weighted by molar-refractivity contribution is -0.143. The van der Waals surface area contributed by atoms with Crippen molar-refractivity contribution in [3.63, 3.8) is 0 Å². The second-order valence-electron chi connectivity index (χ2n) is 11.0. The van der Waals surface area contributed by atoms with Crippen LogP contribution in [0.5, 0.6) is 0 Å². The van der Waals surface area contributed by atoms with Crippen LogP contribution < -0.4 is 4.90 Å². The number of nitrogens with zero attached hydrogens (tertiary/aromatic N) is 3. The number of imidazole rings is 1. The van der Waals surface area contributed by atoms with E-state index in [1.807, 2.05) is 6.07 Å². The highest BCUT2D eigenvalue weighted by atomic mass is 16.5. The molecule has 7 heteroatoms. The minimum atomic E-state index is -0.678. The number of hydrogen-bond acceptors (Lipinski definition) is 4. The molecule has 1 N–H and O–H groups in total. The van der Waals surface area contributed by atoms with Crippen LogP contribution >= 0.6 is 0 Å². The van der Waals surface area contributed by atoms with Crippen LogP contribution in [-0.2, 0) is 22.4 Å². The molecule has 5 rings (SSSR count). The van der Waals surface area contributed by atoms with Crippen molar-refractivity contribution >= 4 is 28.8 Å². The normalized spacial score (nSPS) is 25.4. The zero-order valence-corrected chi connectivity index (χ0v) is 21.2. The highest BCUT2D eigenvalue weighted by molar-refractivity contribution is 5.95. The standard InChI is InChI=1S/C28H39N3O4/c1-18-11-13-22-23(30(18)28(34)35-2)14-15-24-26(22)29-25(16-12-19-7-4-3-5-8-19)31(24)21-10-6-9-20(17-21)27(32)33/h14-15,18-21H,3-13,16-17H2,1-2H3,(H,32,33)/t18-,20+,21+/m0/s1. The van der Waals surface area contributed by atoms with E-state index < -0.39 is 5.97 Å². The molecular formula is C28H39N3O4. The summed E-state index contributed by atoms with van der Waals surface area (Å²) in [6.07, 6.45) is 13.5. The molecule has 3 aliphatic rings. The highest BCUT2D eigenvalue weighted by Crippen LogP contribution is 2.41. The number of carboxylic acids is 1. The van der Waals surface area contributed by atoms with E-state index in [1.54, 1.807) is 4.90 Å². The minimum absolute atomic E-state index is 0.0786. The zero-order chi connectivity index (χ0) is 24.5. The molecule has 0 radical (unpaired) electrons. The first-order valence-electron chi connectivity index (χ1n) is 13.6. The third kappa shape index (κ3) is 4.66. The van der Waals surface area contributed by atoms with Gasteiger partial charge in [0, 0.05) is 24.1 Å². The molecule has 2 aliphatic carbocycles. The molecule has 1 amide bonds. The summed E-state index contributed by atoms with van der Waals surface area (Å²) in [4.78, 5) is 31.4. The summed E-state index contributed by atoms with van der Waals surface area (Å²) in [6, 6.07) is 4.39. The van der Waals surface area contributed by atoms with Crippen LogP contribution in [0, 0.1) is 11.8 Å². The van der Waals surface area contributed by atoms with E-state index in [1.165, 1.54) is 39.2 Å². The Morgan fingerprint density at radius 2 is 1.89 bits per heavy atom. The fraction of sp³-hybridized carbons (Fsp3) is 0.679. The lowest BCUT2D eigenvalue weighted by Crippen LogP contribution is -2.42. The topological polar surface area (TPSA) is 84.7 Å². The number of hydrogen-bond donors (Lipinski definition) is 1. The third-order valence-corrected chi connectivity index (χ3v) is 8.76. The van der Waals surface area contributed by atoms with Gasteiger partial charge in [0.25, 0.3) is 0 Å². The van der Waals surface area contributed by atoms with E-state index >= 15 is 0 Å². The van der Waals surface area contributed by atoms with Gasteiger partial charge >= 0.3 is 12.1 Å². The summed E-state index contributed by atoms with van der Waals surface area (Å²) in [5.74, 6) is 0.895. The summed E-state index contributed by atoms with van der Waals surface area (Å²) in [5, 5.41) is 9.72. The predicted octanol–water partition coefficient (Wildman–Crippen LogP) is 6.27. The van der Waals surface area contributed by atoms with Crippen molar-refractivity contribution in [3.8, 4) is 0 Å². The Hall–Kier alpha value is -2.57. The van der Waals surface area contributed by atoms with Crippen molar-refractivity contribution in [1.82, 2.24) is 9.55 Å². The number of aromatic nitrogens is 2. The van der Waals surface area contributed by atoms with Crippen molar-refractivity contribution in [1.29, 1.82) is 0 Å². The summed E-state index contributed by atoms with van der Waals surface area (Å²) < 4.78 is 7.48. The van der Waals surface area contributed by atoms with E-state index in [-0.39, 0.29) is 24.1 Å². The van der Waals surface area contributed by atoms with Gasteiger partial charge < -0.3 is 14.4 Å². The van der Waals surface area contributed by atoms with E-state index in [2.05, 4.69) is 17.6 Å². The maximum Gasteiger partial charge on any atom is 0.414 e. The summed E-state index contributed by atoms with van der Waals surface area (Å²) in [6.45, 7) is 2.06. The fourth-order valence-electron chi connectivity index (χ4n) is 6.84. The van der Waals surface area contributed by atoms with Crippen LogP contribution in [0.2, 0.25) is 0 Å². The number of anilines is 1. The SMILES string of the molecule is COC(=O)N1c2ccc3c(nc(CCC4CCCCC4)n3[C@@H]3CCC[C@@H](C(=O)O)C3)c2CC[C@@H]1C. The number of aliphatic carboxylic acids is 1. The Kier molecular flexibility index (Phi) is 7.03. The highest BCUT2D eigenvalue weighted by Gasteiger charge is 2.34. The molecule has 0 unspecified atom stereocenters. The Bertz CT molecular complexity index is 1090. The number of fused-ring (bicyclic) bond motifs is 3. The third-order valence-electron chi connectivity index (χ3n) is 8.76. The number of benzene rings is 1. The smallest absolute Gasteiger partial charge is 0.414 e. The van der Waals surface area contributed by atoms with Gasteiger partial charge in [-0.2, -0.15) is 0 Å². The molecule has 1 aliphatic heterocycles. The van der Waals surface area contributed by atoms with Crippen LogP contribution in [0.25, 0.3) is 11.0 Å². The maximum absolute atomic E-state index is 12.6. The van der Waals surface area contributed by atoms with Crippen LogP contribution in [0.1, 0.15) is 95.0 Å². The lowest BCUT2D eigenvalue weighted by Gasteiger charge is -2.34. The quantitative estimate of drug-likeness (QED) is 0.544. The predicted molar refractivity (Wildman–Crippen MR) is 136 cm³/mol. The van der Waals surface area contributed by atoms with E-state index in [4.69, 9.17) is 9.72 Å². The molecule has 190 valence electrons. The van der Waals surface area contributed by atoms with Crippen molar-refractivity contribution in [2.45, 2.75) is 102 Å².